The fourth-order valence-electron chi connectivity index (χ4n) is 8.98. The van der Waals surface area contributed by atoms with Crippen LogP contribution in [0.5, 0.6) is 0 Å². The third-order valence-electron chi connectivity index (χ3n) is 12.3. The maximum Gasteiger partial charge on any atom is 0.0594 e. The summed E-state index contributed by atoms with van der Waals surface area (Å²) >= 11 is 0. The highest BCUT2D eigenvalue weighted by molar-refractivity contribution is 7.75. The van der Waals surface area contributed by atoms with E-state index in [-0.39, 0.29) is 10.8 Å². The molecule has 0 radical (unpaired) electrons. The summed E-state index contributed by atoms with van der Waals surface area (Å²) < 4.78 is 13.0. The van der Waals surface area contributed by atoms with Crippen LogP contribution in [-0.2, 0) is 4.57 Å². The van der Waals surface area contributed by atoms with Crippen molar-refractivity contribution >= 4 is 14.6 Å². The summed E-state index contributed by atoms with van der Waals surface area (Å²) in [6.07, 6.45) is 54.0. The van der Waals surface area contributed by atoms with E-state index in [1.165, 1.54) is 128 Å². The van der Waals surface area contributed by atoms with Crippen LogP contribution in [0.15, 0.2) is 47.6 Å². The highest BCUT2D eigenvalue weighted by Gasteiger charge is 2.36. The van der Waals surface area contributed by atoms with Crippen LogP contribution in [0.4, 0.5) is 0 Å². The van der Waals surface area contributed by atoms with Crippen molar-refractivity contribution in [2.45, 2.75) is 235 Å². The number of hydrogen-bond acceptors (Lipinski definition) is 2. The molecule has 2 aliphatic carbocycles. The zero-order chi connectivity index (χ0) is 40.4. The van der Waals surface area contributed by atoms with Gasteiger partial charge in [0.15, 0.2) is 0 Å². The van der Waals surface area contributed by atoms with Crippen LogP contribution >= 0.6 is 14.6 Å². The molecule has 0 aromatic rings. The molecule has 2 unspecified atom stereocenters. The topological polar surface area (TPSA) is 40.1 Å². The first-order valence-electron chi connectivity index (χ1n) is 23.6. The van der Waals surface area contributed by atoms with E-state index in [0.717, 1.165) is 11.1 Å². The van der Waals surface area contributed by atoms with E-state index in [1.807, 2.05) is 38.2 Å². The normalized spacial score (nSPS) is 20.2. The zero-order valence-electron chi connectivity index (χ0n) is 38.1. The first-order chi connectivity index (χ1) is 25.7. The molecule has 0 N–H and O–H groups in total. The van der Waals surface area contributed by atoms with Gasteiger partial charge in [-0.2, -0.15) is 0 Å². The zero-order valence-corrected chi connectivity index (χ0v) is 39.9. The quantitative estimate of drug-likeness (QED) is 0.0413. The number of unbranched alkanes of at least 4 members (excludes halogenated alkanes) is 20. The second-order valence-corrected chi connectivity index (χ2v) is 25.9. The SMILES string of the molecule is CC1=CC(C)(C)C=CC1P(=O)([O-])C1C=CC(C)(C)C=C1C.CCCCCCCCCCCCCC[P+](CCCCCC)(CCCCCC)CCCCCC. The Morgan fingerprint density at radius 3 is 0.981 bits per heavy atom. The van der Waals surface area contributed by atoms with Crippen molar-refractivity contribution in [3.8, 4) is 0 Å². The number of rotatable bonds is 30. The molecule has 0 saturated carbocycles. The van der Waals surface area contributed by atoms with Crippen molar-refractivity contribution in [1.29, 1.82) is 0 Å². The molecule has 2 atom stereocenters. The van der Waals surface area contributed by atoms with Gasteiger partial charge in [0.25, 0.3) is 0 Å². The second-order valence-electron chi connectivity index (χ2n) is 19.0. The standard InChI is InChI=1S/C32H68P.C18H27O2P/c1-5-9-13-17-18-19-20-21-22-23-24-28-32-33(29-25-14-10-6-2,30-26-15-11-7-3)31-27-16-12-8-4;1-13-11-17(3,4)9-7-15(13)21(19,20)16-8-10-18(5,6)12-14(16)2/h5-32H2,1-4H3;7-12,15-16H,1-6H3,(H,19,20)/q+1;/p-1. The van der Waals surface area contributed by atoms with Crippen LogP contribution in [0, 0.1) is 10.8 Å². The Morgan fingerprint density at radius 1 is 0.481 bits per heavy atom. The smallest absolute Gasteiger partial charge is 0.0594 e. The van der Waals surface area contributed by atoms with Crippen molar-refractivity contribution in [1.82, 2.24) is 0 Å². The Labute approximate surface area is 340 Å². The van der Waals surface area contributed by atoms with Gasteiger partial charge in [0.1, 0.15) is 0 Å². The van der Waals surface area contributed by atoms with E-state index in [4.69, 9.17) is 0 Å². The van der Waals surface area contributed by atoms with Crippen LogP contribution < -0.4 is 4.89 Å². The van der Waals surface area contributed by atoms with Crippen LogP contribution in [0.25, 0.3) is 0 Å². The lowest BCUT2D eigenvalue weighted by Gasteiger charge is -2.42. The number of allylic oxidation sites excluding steroid dienone is 8. The van der Waals surface area contributed by atoms with E-state index in [1.54, 1.807) is 50.3 Å². The molecule has 2 aliphatic rings. The average Bonchev–Trinajstić information content (AvgIpc) is 3.10. The monoisotopic (exact) mass is 789 g/mol. The highest BCUT2D eigenvalue weighted by atomic mass is 31.2. The molecule has 54 heavy (non-hydrogen) atoms. The summed E-state index contributed by atoms with van der Waals surface area (Å²) in [6.45, 7) is 21.6. The van der Waals surface area contributed by atoms with Gasteiger partial charge in [-0.25, -0.2) is 0 Å². The van der Waals surface area contributed by atoms with Crippen LogP contribution in [0.1, 0.15) is 223 Å². The molecule has 0 fully saturated rings. The van der Waals surface area contributed by atoms with Gasteiger partial charge in [-0.1, -0.05) is 206 Å². The minimum absolute atomic E-state index is 0.0597. The lowest BCUT2D eigenvalue weighted by molar-refractivity contribution is -0.177. The van der Waals surface area contributed by atoms with E-state index < -0.39 is 25.9 Å². The molecule has 0 spiro atoms. The predicted octanol–water partition coefficient (Wildman–Crippen LogP) is 16.9. The van der Waals surface area contributed by atoms with Crippen molar-refractivity contribution in [2.75, 3.05) is 24.6 Å². The van der Waals surface area contributed by atoms with Gasteiger partial charge < -0.3 is 9.46 Å². The second kappa shape index (κ2) is 28.9. The third kappa shape index (κ3) is 21.9. The molecule has 2 rings (SSSR count). The van der Waals surface area contributed by atoms with E-state index >= 15 is 0 Å². The van der Waals surface area contributed by atoms with E-state index in [0.29, 0.717) is 0 Å². The molecule has 0 bridgehead atoms. The van der Waals surface area contributed by atoms with Crippen molar-refractivity contribution < 1.29 is 9.46 Å². The summed E-state index contributed by atoms with van der Waals surface area (Å²) in [6, 6.07) is 0. The molecule has 2 nitrogen and oxygen atoms in total. The molecule has 0 amide bonds. The summed E-state index contributed by atoms with van der Waals surface area (Å²) in [5, 5.41) is 0. The Bertz CT molecular complexity index is 1040. The molecule has 0 aromatic heterocycles. The molecule has 0 aromatic carbocycles. The lowest BCUT2D eigenvalue weighted by atomic mass is 9.85. The van der Waals surface area contributed by atoms with Crippen LogP contribution in [0.3, 0.4) is 0 Å². The fourth-order valence-corrected chi connectivity index (χ4v) is 16.2. The minimum atomic E-state index is -3.63. The van der Waals surface area contributed by atoms with Crippen molar-refractivity contribution in [3.63, 3.8) is 0 Å². The Morgan fingerprint density at radius 2 is 0.722 bits per heavy atom. The predicted molar refractivity (Wildman–Crippen MR) is 248 cm³/mol. The van der Waals surface area contributed by atoms with E-state index in [9.17, 15) is 9.46 Å². The maximum atomic E-state index is 13.0. The lowest BCUT2D eigenvalue weighted by Crippen LogP contribution is -2.30. The van der Waals surface area contributed by atoms with Gasteiger partial charge in [-0.3, -0.25) is 0 Å². The Balaban J connectivity index is 0.000000591. The summed E-state index contributed by atoms with van der Waals surface area (Å²) in [7, 11) is -4.33. The summed E-state index contributed by atoms with van der Waals surface area (Å²) in [4.78, 5) is 13.0. The van der Waals surface area contributed by atoms with Crippen molar-refractivity contribution in [2.24, 2.45) is 10.8 Å². The molecule has 316 valence electrons. The Hall–Kier alpha value is -0.420. The first-order valence-corrected chi connectivity index (χ1v) is 27.9. The molecule has 0 heterocycles. The van der Waals surface area contributed by atoms with Gasteiger partial charge in [0.2, 0.25) is 0 Å². The third-order valence-corrected chi connectivity index (χ3v) is 20.0. The van der Waals surface area contributed by atoms with Gasteiger partial charge in [0.05, 0.1) is 24.6 Å². The number of hydrogen-bond donors (Lipinski definition) is 0. The molecule has 0 aliphatic heterocycles. The fraction of sp³-hybridized carbons (Fsp3) is 0.840. The average molecular weight is 789 g/mol. The molecular weight excluding hydrogens is 694 g/mol. The van der Waals surface area contributed by atoms with Crippen LogP contribution in [0.2, 0.25) is 0 Å². The first kappa shape index (κ1) is 51.6. The van der Waals surface area contributed by atoms with Gasteiger partial charge in [-0.15, -0.1) is 0 Å². The molecule has 4 heteroatoms. The Kier molecular flexibility index (Phi) is 27.6. The van der Waals surface area contributed by atoms with Crippen molar-refractivity contribution in [3.05, 3.63) is 47.6 Å². The molecular formula is C50H94O2P2. The van der Waals surface area contributed by atoms with E-state index in [2.05, 4.69) is 67.5 Å². The summed E-state index contributed by atoms with van der Waals surface area (Å²) in [5.74, 6) is 0. The van der Waals surface area contributed by atoms with Gasteiger partial charge >= 0.3 is 0 Å². The highest BCUT2D eigenvalue weighted by Crippen LogP contribution is 2.61. The molecule has 0 saturated heterocycles. The maximum absolute atomic E-state index is 13.0. The summed E-state index contributed by atoms with van der Waals surface area (Å²) in [5.41, 5.74) is 0.791. The largest absolute Gasteiger partial charge is 0.798 e. The minimum Gasteiger partial charge on any atom is -0.798 e. The van der Waals surface area contributed by atoms with Gasteiger partial charge in [0, 0.05) is 36.8 Å². The van der Waals surface area contributed by atoms with Crippen LogP contribution in [-0.4, -0.2) is 36.0 Å². The van der Waals surface area contributed by atoms with Gasteiger partial charge in [-0.05, 0) is 65.2 Å².